The van der Waals surface area contributed by atoms with Crippen LogP contribution < -0.4 is 0 Å². The Morgan fingerprint density at radius 2 is 1.94 bits per heavy atom. The molecule has 0 aliphatic heterocycles. The first kappa shape index (κ1) is 10.7. The molecule has 0 saturated heterocycles. The topological polar surface area (TPSA) is 44.0 Å². The second kappa shape index (κ2) is 3.33. The summed E-state index contributed by atoms with van der Waals surface area (Å²) in [4.78, 5) is 0. The van der Waals surface area contributed by atoms with E-state index in [-0.39, 0.29) is 0 Å². The van der Waals surface area contributed by atoms with Crippen LogP contribution in [0.25, 0.3) is 0 Å². The van der Waals surface area contributed by atoms with Gasteiger partial charge in [-0.15, -0.1) is 6.42 Å². The van der Waals surface area contributed by atoms with Crippen molar-refractivity contribution >= 4 is 0 Å². The van der Waals surface area contributed by atoms with E-state index < -0.39 is 16.8 Å². The van der Waals surface area contributed by atoms with Gasteiger partial charge in [0.25, 0.3) is 0 Å². The minimum absolute atomic E-state index is 0.398. The molecule has 1 aliphatic rings. The summed E-state index contributed by atoms with van der Waals surface area (Å²) in [5.41, 5.74) is -2.12. The van der Waals surface area contributed by atoms with Crippen LogP contribution in [-0.4, -0.2) is 5.11 Å². The van der Waals surface area contributed by atoms with Crippen LogP contribution >= 0.6 is 0 Å². The van der Waals surface area contributed by atoms with E-state index >= 15 is 0 Å². The molecule has 1 aromatic carbocycles. The molecule has 0 amide bonds. The normalized spacial score (nSPS) is 20.2. The van der Waals surface area contributed by atoms with Crippen LogP contribution in [0.2, 0.25) is 0 Å². The summed E-state index contributed by atoms with van der Waals surface area (Å²) in [7, 11) is 0. The first-order chi connectivity index (χ1) is 7.58. The first-order valence-corrected chi connectivity index (χ1v) is 4.95. The summed E-state index contributed by atoms with van der Waals surface area (Å²) in [5, 5.41) is 19.5. The number of halogens is 1. The van der Waals surface area contributed by atoms with Crippen molar-refractivity contribution in [3.63, 3.8) is 0 Å². The molecule has 0 spiro atoms. The summed E-state index contributed by atoms with van der Waals surface area (Å²) < 4.78 is 12.8. The number of aliphatic hydroxyl groups is 1. The van der Waals surface area contributed by atoms with Crippen LogP contribution in [0.15, 0.2) is 24.3 Å². The maximum atomic E-state index is 12.8. The molecule has 2 nitrogen and oxygen atoms in total. The summed E-state index contributed by atoms with van der Waals surface area (Å²) in [6.45, 7) is 0. The molecule has 0 unspecified atom stereocenters. The SMILES string of the molecule is C#C[C@](O)(c1ccc(F)cc1)C1(C#N)CC1. The van der Waals surface area contributed by atoms with Gasteiger partial charge in [-0.1, -0.05) is 18.1 Å². The number of hydrogen-bond acceptors (Lipinski definition) is 2. The molecule has 16 heavy (non-hydrogen) atoms. The minimum atomic E-state index is -1.62. The van der Waals surface area contributed by atoms with Gasteiger partial charge in [0.2, 0.25) is 0 Å². The van der Waals surface area contributed by atoms with Crippen molar-refractivity contribution < 1.29 is 9.50 Å². The van der Waals surface area contributed by atoms with E-state index in [1.165, 1.54) is 24.3 Å². The molecular formula is C13H10FNO. The molecule has 1 fully saturated rings. The Morgan fingerprint density at radius 3 is 2.31 bits per heavy atom. The van der Waals surface area contributed by atoms with Crippen LogP contribution in [0.5, 0.6) is 0 Å². The average molecular weight is 215 g/mol. The van der Waals surface area contributed by atoms with E-state index in [2.05, 4.69) is 12.0 Å². The fraction of sp³-hybridized carbons (Fsp3) is 0.308. The number of nitriles is 1. The molecular weight excluding hydrogens is 205 g/mol. The Labute approximate surface area is 93.3 Å². The lowest BCUT2D eigenvalue weighted by atomic mass is 9.80. The number of hydrogen-bond donors (Lipinski definition) is 1. The molecule has 80 valence electrons. The van der Waals surface area contributed by atoms with Crippen molar-refractivity contribution in [3.8, 4) is 18.4 Å². The van der Waals surface area contributed by atoms with Gasteiger partial charge >= 0.3 is 0 Å². The second-order valence-corrected chi connectivity index (χ2v) is 4.06. The molecule has 0 heterocycles. The lowest BCUT2D eigenvalue weighted by molar-refractivity contribution is 0.0457. The highest BCUT2D eigenvalue weighted by molar-refractivity contribution is 5.40. The summed E-state index contributed by atoms with van der Waals surface area (Å²) in [6, 6.07) is 7.37. The standard InChI is InChI=1S/C13H10FNO/c1-2-13(16,12(9-15)7-8-12)10-3-5-11(14)6-4-10/h1,3-6,16H,7-8H2/t13-/m0/s1. The van der Waals surface area contributed by atoms with Gasteiger partial charge in [-0.3, -0.25) is 0 Å². The van der Waals surface area contributed by atoms with Crippen molar-refractivity contribution in [1.29, 1.82) is 5.26 Å². The highest BCUT2D eigenvalue weighted by Gasteiger charge is 2.60. The third kappa shape index (κ3) is 1.30. The number of rotatable bonds is 2. The highest BCUT2D eigenvalue weighted by atomic mass is 19.1. The van der Waals surface area contributed by atoms with Gasteiger partial charge in [0.05, 0.1) is 6.07 Å². The summed E-state index contributed by atoms with van der Waals surface area (Å²) >= 11 is 0. The fourth-order valence-corrected chi connectivity index (χ4v) is 1.87. The van der Waals surface area contributed by atoms with Gasteiger partial charge in [0.15, 0.2) is 5.60 Å². The lowest BCUT2D eigenvalue weighted by Gasteiger charge is -2.27. The van der Waals surface area contributed by atoms with E-state index in [4.69, 9.17) is 11.7 Å². The number of terminal acetylenes is 1. The molecule has 1 atom stereocenters. The Balaban J connectivity index is 2.48. The zero-order valence-corrected chi connectivity index (χ0v) is 8.57. The van der Waals surface area contributed by atoms with Crippen LogP contribution in [-0.2, 0) is 5.60 Å². The third-order valence-corrected chi connectivity index (χ3v) is 3.13. The van der Waals surface area contributed by atoms with Crippen molar-refractivity contribution in [2.24, 2.45) is 5.41 Å². The predicted octanol–water partition coefficient (Wildman–Crippen LogP) is 1.95. The molecule has 0 bridgehead atoms. The van der Waals surface area contributed by atoms with Gasteiger partial charge < -0.3 is 5.11 Å². The molecule has 0 aromatic heterocycles. The first-order valence-electron chi connectivity index (χ1n) is 4.95. The minimum Gasteiger partial charge on any atom is -0.372 e. The van der Waals surface area contributed by atoms with Crippen LogP contribution in [0, 0.1) is 34.9 Å². The van der Waals surface area contributed by atoms with Gasteiger partial charge in [-0.05, 0) is 30.5 Å². The summed E-state index contributed by atoms with van der Waals surface area (Å²) in [5.74, 6) is 1.88. The van der Waals surface area contributed by atoms with Crippen molar-refractivity contribution in [1.82, 2.24) is 0 Å². The zero-order chi connectivity index (χ0) is 11.8. The Bertz CT molecular complexity index is 490. The van der Waals surface area contributed by atoms with Gasteiger partial charge in [-0.25, -0.2) is 4.39 Å². The van der Waals surface area contributed by atoms with E-state index in [0.29, 0.717) is 18.4 Å². The maximum Gasteiger partial charge on any atom is 0.169 e. The molecule has 3 heteroatoms. The van der Waals surface area contributed by atoms with Gasteiger partial charge in [0.1, 0.15) is 11.2 Å². The summed E-state index contributed by atoms with van der Waals surface area (Å²) in [6.07, 6.45) is 6.48. The third-order valence-electron chi connectivity index (χ3n) is 3.13. The Morgan fingerprint density at radius 1 is 1.38 bits per heavy atom. The molecule has 2 rings (SSSR count). The fourth-order valence-electron chi connectivity index (χ4n) is 1.87. The molecule has 0 radical (unpaired) electrons. The second-order valence-electron chi connectivity index (χ2n) is 4.06. The maximum absolute atomic E-state index is 12.8. The average Bonchev–Trinajstić information content (AvgIpc) is 3.10. The van der Waals surface area contributed by atoms with E-state index in [1.807, 2.05) is 0 Å². The largest absolute Gasteiger partial charge is 0.372 e. The van der Waals surface area contributed by atoms with Crippen LogP contribution in [0.4, 0.5) is 4.39 Å². The lowest BCUT2D eigenvalue weighted by Crippen LogP contribution is -2.34. The molecule has 1 N–H and O–H groups in total. The zero-order valence-electron chi connectivity index (χ0n) is 8.57. The highest BCUT2D eigenvalue weighted by Crippen LogP contribution is 2.57. The Hall–Kier alpha value is -1.84. The monoisotopic (exact) mass is 215 g/mol. The molecule has 1 saturated carbocycles. The van der Waals surface area contributed by atoms with Crippen molar-refractivity contribution in [2.75, 3.05) is 0 Å². The number of benzene rings is 1. The van der Waals surface area contributed by atoms with Gasteiger partial charge in [-0.2, -0.15) is 5.26 Å². The Kier molecular flexibility index (Phi) is 2.22. The quantitative estimate of drug-likeness (QED) is 0.766. The molecule has 1 aromatic rings. The van der Waals surface area contributed by atoms with Gasteiger partial charge in [0, 0.05) is 0 Å². The van der Waals surface area contributed by atoms with E-state index in [1.54, 1.807) is 0 Å². The number of nitrogens with zero attached hydrogens (tertiary/aromatic N) is 1. The van der Waals surface area contributed by atoms with Crippen LogP contribution in [0.3, 0.4) is 0 Å². The van der Waals surface area contributed by atoms with Crippen molar-refractivity contribution in [2.45, 2.75) is 18.4 Å². The smallest absolute Gasteiger partial charge is 0.169 e. The van der Waals surface area contributed by atoms with Crippen LogP contribution in [0.1, 0.15) is 18.4 Å². The van der Waals surface area contributed by atoms with Crippen molar-refractivity contribution in [3.05, 3.63) is 35.6 Å². The molecule has 1 aliphatic carbocycles. The van der Waals surface area contributed by atoms with E-state index in [0.717, 1.165) is 0 Å². The van der Waals surface area contributed by atoms with E-state index in [9.17, 15) is 9.50 Å². The predicted molar refractivity (Wildman–Crippen MR) is 56.4 cm³/mol.